The molecule has 0 saturated carbocycles. The minimum Gasteiger partial charge on any atom is -0.480 e. The van der Waals surface area contributed by atoms with Crippen LogP contribution in [-0.2, 0) is 4.79 Å². The average molecular weight is 284 g/mol. The quantitative estimate of drug-likeness (QED) is 0.754. The Kier molecular flexibility index (Phi) is 6.46. The Bertz CT molecular complexity index is 322. The Morgan fingerprint density at radius 1 is 1.40 bits per heavy atom. The molecule has 0 aromatic heterocycles. The van der Waals surface area contributed by atoms with Crippen molar-refractivity contribution < 1.29 is 9.90 Å². The van der Waals surface area contributed by atoms with Crippen LogP contribution in [0, 0.1) is 11.8 Å². The smallest absolute Gasteiger partial charge is 0.323 e. The van der Waals surface area contributed by atoms with E-state index in [9.17, 15) is 9.90 Å². The van der Waals surface area contributed by atoms with Gasteiger partial charge in [0.25, 0.3) is 0 Å². The summed E-state index contributed by atoms with van der Waals surface area (Å²) < 4.78 is 0. The van der Waals surface area contributed by atoms with Gasteiger partial charge in [-0.1, -0.05) is 20.8 Å². The van der Waals surface area contributed by atoms with Crippen molar-refractivity contribution in [3.8, 4) is 0 Å². The standard InChI is InChI=1S/C16H32N2O2/c1-6-17-16(5,15(19)20)8-7-9-18-11-12(2)10-13(3)14(18)4/h12-14,17H,6-11H2,1-5H3,(H,19,20). The number of carboxylic acid groups (broad SMARTS) is 1. The highest BCUT2D eigenvalue weighted by Gasteiger charge is 2.33. The van der Waals surface area contributed by atoms with Crippen LogP contribution < -0.4 is 5.32 Å². The number of hydrogen-bond donors (Lipinski definition) is 2. The normalized spacial score (nSPS) is 30.9. The largest absolute Gasteiger partial charge is 0.480 e. The van der Waals surface area contributed by atoms with Gasteiger partial charge in [-0.3, -0.25) is 4.79 Å². The zero-order valence-electron chi connectivity index (χ0n) is 13.8. The van der Waals surface area contributed by atoms with Gasteiger partial charge in [0.1, 0.15) is 5.54 Å². The first-order valence-electron chi connectivity index (χ1n) is 8.02. The fourth-order valence-corrected chi connectivity index (χ4v) is 3.42. The number of nitrogens with zero attached hydrogens (tertiary/aromatic N) is 1. The maximum atomic E-state index is 11.4. The first-order valence-corrected chi connectivity index (χ1v) is 8.02. The van der Waals surface area contributed by atoms with Crippen LogP contribution in [0.25, 0.3) is 0 Å². The molecule has 1 aliphatic heterocycles. The number of rotatable bonds is 7. The van der Waals surface area contributed by atoms with Gasteiger partial charge in [-0.25, -0.2) is 0 Å². The van der Waals surface area contributed by atoms with Crippen LogP contribution in [0.2, 0.25) is 0 Å². The average Bonchev–Trinajstić information content (AvgIpc) is 2.35. The first-order chi connectivity index (χ1) is 9.30. The molecular weight excluding hydrogens is 252 g/mol. The maximum Gasteiger partial charge on any atom is 0.323 e. The maximum absolute atomic E-state index is 11.4. The highest BCUT2D eigenvalue weighted by molar-refractivity contribution is 5.78. The van der Waals surface area contributed by atoms with Gasteiger partial charge in [0.2, 0.25) is 0 Å². The molecule has 4 atom stereocenters. The lowest BCUT2D eigenvalue weighted by Gasteiger charge is -2.41. The third-order valence-electron chi connectivity index (χ3n) is 4.88. The SMILES string of the molecule is CCNC(C)(CCCN1CC(C)CC(C)C1C)C(=O)O. The summed E-state index contributed by atoms with van der Waals surface area (Å²) in [6.07, 6.45) is 2.92. The van der Waals surface area contributed by atoms with Crippen LogP contribution in [-0.4, -0.2) is 47.2 Å². The molecule has 0 aliphatic carbocycles. The van der Waals surface area contributed by atoms with Crippen molar-refractivity contribution in [1.29, 1.82) is 0 Å². The topological polar surface area (TPSA) is 52.6 Å². The molecule has 20 heavy (non-hydrogen) atoms. The minimum absolute atomic E-state index is 0.612. The summed E-state index contributed by atoms with van der Waals surface area (Å²) in [4.78, 5) is 13.9. The third-order valence-corrected chi connectivity index (χ3v) is 4.88. The summed E-state index contributed by atoms with van der Waals surface area (Å²) in [5.74, 6) is 0.743. The number of aliphatic carboxylic acids is 1. The molecule has 0 amide bonds. The van der Waals surface area contributed by atoms with Gasteiger partial charge in [0.05, 0.1) is 0 Å². The fraction of sp³-hybridized carbons (Fsp3) is 0.938. The Hall–Kier alpha value is -0.610. The van der Waals surface area contributed by atoms with Crippen molar-refractivity contribution in [3.05, 3.63) is 0 Å². The lowest BCUT2D eigenvalue weighted by molar-refractivity contribution is -0.144. The Balaban J connectivity index is 2.48. The number of likely N-dealkylation sites (tertiary alicyclic amines) is 1. The molecule has 0 aromatic carbocycles. The van der Waals surface area contributed by atoms with E-state index >= 15 is 0 Å². The summed E-state index contributed by atoms with van der Waals surface area (Å²) in [5, 5.41) is 12.5. The van der Waals surface area contributed by atoms with E-state index in [4.69, 9.17) is 0 Å². The van der Waals surface area contributed by atoms with Gasteiger partial charge in [0, 0.05) is 12.6 Å². The molecule has 0 radical (unpaired) electrons. The molecule has 0 aromatic rings. The van der Waals surface area contributed by atoms with Gasteiger partial charge in [0.15, 0.2) is 0 Å². The van der Waals surface area contributed by atoms with E-state index in [0.29, 0.717) is 19.0 Å². The Morgan fingerprint density at radius 3 is 2.60 bits per heavy atom. The Morgan fingerprint density at radius 2 is 2.05 bits per heavy atom. The zero-order chi connectivity index (χ0) is 15.3. The number of hydrogen-bond acceptors (Lipinski definition) is 3. The summed E-state index contributed by atoms with van der Waals surface area (Å²) >= 11 is 0. The van der Waals surface area contributed by atoms with Crippen molar-refractivity contribution in [2.24, 2.45) is 11.8 Å². The highest BCUT2D eigenvalue weighted by atomic mass is 16.4. The lowest BCUT2D eigenvalue weighted by atomic mass is 9.85. The lowest BCUT2D eigenvalue weighted by Crippen LogP contribution is -2.50. The van der Waals surface area contributed by atoms with Gasteiger partial charge in [-0.2, -0.15) is 0 Å². The van der Waals surface area contributed by atoms with E-state index in [2.05, 4.69) is 31.0 Å². The minimum atomic E-state index is -0.787. The zero-order valence-corrected chi connectivity index (χ0v) is 13.8. The van der Waals surface area contributed by atoms with E-state index in [1.54, 1.807) is 6.92 Å². The molecule has 1 rings (SSSR count). The van der Waals surface area contributed by atoms with Gasteiger partial charge in [-0.15, -0.1) is 0 Å². The third kappa shape index (κ3) is 4.45. The van der Waals surface area contributed by atoms with Gasteiger partial charge >= 0.3 is 5.97 Å². The number of piperidine rings is 1. The molecule has 4 nitrogen and oxygen atoms in total. The van der Waals surface area contributed by atoms with Crippen molar-refractivity contribution in [1.82, 2.24) is 10.2 Å². The van der Waals surface area contributed by atoms with Crippen LogP contribution in [0.5, 0.6) is 0 Å². The first kappa shape index (κ1) is 17.4. The van der Waals surface area contributed by atoms with Crippen LogP contribution in [0.15, 0.2) is 0 Å². The molecule has 0 spiro atoms. The summed E-state index contributed by atoms with van der Waals surface area (Å²) in [6, 6.07) is 0.612. The fourth-order valence-electron chi connectivity index (χ4n) is 3.42. The predicted molar refractivity (Wildman–Crippen MR) is 82.9 cm³/mol. The van der Waals surface area contributed by atoms with Crippen molar-refractivity contribution in [2.45, 2.75) is 65.5 Å². The molecule has 1 fully saturated rings. The Labute approximate surface area is 123 Å². The van der Waals surface area contributed by atoms with Crippen molar-refractivity contribution >= 4 is 5.97 Å². The highest BCUT2D eigenvalue weighted by Crippen LogP contribution is 2.27. The number of carbonyl (C=O) groups is 1. The molecule has 1 aliphatic rings. The van der Waals surface area contributed by atoms with Crippen LogP contribution in [0.1, 0.15) is 53.9 Å². The van der Waals surface area contributed by atoms with E-state index in [-0.39, 0.29) is 0 Å². The predicted octanol–water partition coefficient (Wildman–Crippen LogP) is 2.59. The van der Waals surface area contributed by atoms with Crippen molar-refractivity contribution in [3.63, 3.8) is 0 Å². The van der Waals surface area contributed by atoms with E-state index < -0.39 is 11.5 Å². The van der Waals surface area contributed by atoms with Gasteiger partial charge in [-0.05, 0) is 58.0 Å². The molecule has 1 heterocycles. The summed E-state index contributed by atoms with van der Waals surface area (Å²) in [6.45, 7) is 13.5. The van der Waals surface area contributed by atoms with Crippen molar-refractivity contribution in [2.75, 3.05) is 19.6 Å². The monoisotopic (exact) mass is 284 g/mol. The second-order valence-corrected chi connectivity index (χ2v) is 6.82. The van der Waals surface area contributed by atoms with E-state index in [1.165, 1.54) is 6.42 Å². The summed E-state index contributed by atoms with van der Waals surface area (Å²) in [7, 11) is 0. The number of likely N-dealkylation sites (N-methyl/N-ethyl adjacent to an activating group) is 1. The molecule has 118 valence electrons. The number of nitrogens with one attached hydrogen (secondary N) is 1. The molecule has 2 N–H and O–H groups in total. The molecule has 0 bridgehead atoms. The van der Waals surface area contributed by atoms with Gasteiger partial charge < -0.3 is 15.3 Å². The molecule has 1 saturated heterocycles. The molecular formula is C16H32N2O2. The van der Waals surface area contributed by atoms with Crippen LogP contribution in [0.4, 0.5) is 0 Å². The number of carboxylic acids is 1. The molecule has 4 heteroatoms. The molecule has 4 unspecified atom stereocenters. The van der Waals surface area contributed by atoms with Crippen LogP contribution >= 0.6 is 0 Å². The second-order valence-electron chi connectivity index (χ2n) is 6.82. The van der Waals surface area contributed by atoms with E-state index in [1.807, 2.05) is 6.92 Å². The van der Waals surface area contributed by atoms with Crippen LogP contribution in [0.3, 0.4) is 0 Å². The van der Waals surface area contributed by atoms with E-state index in [0.717, 1.165) is 31.3 Å². The summed E-state index contributed by atoms with van der Waals surface area (Å²) in [5.41, 5.74) is -0.787. The second kappa shape index (κ2) is 7.41.